The average molecular weight is 221 g/mol. The molecule has 15 heavy (non-hydrogen) atoms. The molecule has 0 radical (unpaired) electrons. The second kappa shape index (κ2) is 4.28. The largest absolute Gasteiger partial charge is 0.311 e. The Kier molecular flexibility index (Phi) is 2.83. The highest BCUT2D eigenvalue weighted by Crippen LogP contribution is 2.15. The third-order valence-electron chi connectivity index (χ3n) is 2.07. The van der Waals surface area contributed by atoms with Gasteiger partial charge in [-0.05, 0) is 18.2 Å². The summed E-state index contributed by atoms with van der Waals surface area (Å²) in [6, 6.07) is 3.37. The summed E-state index contributed by atoms with van der Waals surface area (Å²) in [6.07, 6.45) is 8.90. The second-order valence-electron chi connectivity index (χ2n) is 3.07. The van der Waals surface area contributed by atoms with Crippen molar-refractivity contribution < 1.29 is 4.79 Å². The monoisotopic (exact) mass is 220 g/mol. The molecule has 0 spiro atoms. The van der Waals surface area contributed by atoms with Crippen LogP contribution in [-0.2, 0) is 0 Å². The molecule has 0 aromatic carbocycles. The highest BCUT2D eigenvalue weighted by Gasteiger charge is 2.16. The topological polar surface area (TPSA) is 33.2 Å². The zero-order valence-corrected chi connectivity index (χ0v) is 8.69. The van der Waals surface area contributed by atoms with E-state index in [-0.39, 0.29) is 11.1 Å². The van der Waals surface area contributed by atoms with Crippen LogP contribution in [0.15, 0.2) is 42.8 Å². The van der Waals surface area contributed by atoms with Crippen LogP contribution in [0, 0.1) is 0 Å². The normalized spacial score (nSPS) is 14.3. The zero-order valence-electron chi connectivity index (χ0n) is 7.93. The fourth-order valence-corrected chi connectivity index (χ4v) is 1.52. The maximum atomic E-state index is 11.9. The molecule has 2 rings (SSSR count). The molecule has 1 amide bonds. The number of nitrogens with zero attached hydrogens (tertiary/aromatic N) is 2. The van der Waals surface area contributed by atoms with Gasteiger partial charge in [-0.1, -0.05) is 23.8 Å². The number of hydrogen-bond acceptors (Lipinski definition) is 2. The van der Waals surface area contributed by atoms with Crippen LogP contribution in [0.25, 0.3) is 0 Å². The van der Waals surface area contributed by atoms with Crippen molar-refractivity contribution in [3.8, 4) is 0 Å². The Morgan fingerprint density at radius 1 is 1.47 bits per heavy atom. The van der Waals surface area contributed by atoms with Crippen LogP contribution in [0.1, 0.15) is 10.4 Å². The van der Waals surface area contributed by atoms with Crippen LogP contribution >= 0.6 is 11.6 Å². The van der Waals surface area contributed by atoms with Gasteiger partial charge < -0.3 is 4.90 Å². The van der Waals surface area contributed by atoms with Gasteiger partial charge in [0.1, 0.15) is 5.15 Å². The molecule has 0 unspecified atom stereocenters. The van der Waals surface area contributed by atoms with E-state index in [0.29, 0.717) is 12.1 Å². The molecule has 2 heterocycles. The quantitative estimate of drug-likeness (QED) is 0.681. The fourth-order valence-electron chi connectivity index (χ4n) is 1.32. The molecule has 4 heteroatoms. The van der Waals surface area contributed by atoms with E-state index < -0.39 is 0 Å². The summed E-state index contributed by atoms with van der Waals surface area (Å²) in [7, 11) is 0. The first-order chi connectivity index (χ1) is 7.29. The second-order valence-corrected chi connectivity index (χ2v) is 3.43. The molecular formula is C11H9ClN2O. The number of carbonyl (C=O) groups is 1. The van der Waals surface area contributed by atoms with Crippen molar-refractivity contribution in [2.75, 3.05) is 6.54 Å². The van der Waals surface area contributed by atoms with E-state index in [1.165, 1.54) is 0 Å². The van der Waals surface area contributed by atoms with Gasteiger partial charge in [-0.3, -0.25) is 4.79 Å². The van der Waals surface area contributed by atoms with Gasteiger partial charge in [0.05, 0.1) is 5.56 Å². The van der Waals surface area contributed by atoms with E-state index in [1.807, 2.05) is 18.2 Å². The van der Waals surface area contributed by atoms with E-state index in [4.69, 9.17) is 11.6 Å². The third-order valence-corrected chi connectivity index (χ3v) is 2.37. The predicted molar refractivity (Wildman–Crippen MR) is 58.6 cm³/mol. The summed E-state index contributed by atoms with van der Waals surface area (Å²) in [5.74, 6) is -0.131. The Morgan fingerprint density at radius 3 is 3.00 bits per heavy atom. The predicted octanol–water partition coefficient (Wildman–Crippen LogP) is 2.26. The first kappa shape index (κ1) is 9.93. The highest BCUT2D eigenvalue weighted by atomic mass is 35.5. The molecule has 0 N–H and O–H groups in total. The van der Waals surface area contributed by atoms with E-state index in [2.05, 4.69) is 4.98 Å². The highest BCUT2D eigenvalue weighted by molar-refractivity contribution is 6.32. The lowest BCUT2D eigenvalue weighted by Gasteiger charge is -2.18. The Hall–Kier alpha value is -1.61. The van der Waals surface area contributed by atoms with Gasteiger partial charge >= 0.3 is 0 Å². The Morgan fingerprint density at radius 2 is 2.33 bits per heavy atom. The Labute approximate surface area is 92.7 Å². The van der Waals surface area contributed by atoms with Crippen LogP contribution in [0.3, 0.4) is 0 Å². The van der Waals surface area contributed by atoms with Gasteiger partial charge in [-0.15, -0.1) is 0 Å². The summed E-state index contributed by atoms with van der Waals surface area (Å²) < 4.78 is 0. The molecule has 3 nitrogen and oxygen atoms in total. The molecule has 1 aromatic heterocycles. The lowest BCUT2D eigenvalue weighted by Crippen LogP contribution is -2.27. The van der Waals surface area contributed by atoms with Crippen molar-refractivity contribution >= 4 is 17.5 Å². The van der Waals surface area contributed by atoms with Gasteiger partial charge in [0.25, 0.3) is 5.91 Å². The standard InChI is InChI=1S/C11H9ClN2O/c12-10-9(5-4-6-13-10)11(15)14-7-2-1-3-8-14/h1-7H,8H2. The van der Waals surface area contributed by atoms with Crippen LogP contribution in [-0.4, -0.2) is 22.3 Å². The van der Waals surface area contributed by atoms with E-state index in [9.17, 15) is 4.79 Å². The van der Waals surface area contributed by atoms with Gasteiger partial charge in [0, 0.05) is 18.9 Å². The maximum absolute atomic E-state index is 11.9. The first-order valence-corrected chi connectivity index (χ1v) is 4.91. The van der Waals surface area contributed by atoms with Gasteiger partial charge in [0.15, 0.2) is 0 Å². The van der Waals surface area contributed by atoms with Crippen molar-refractivity contribution in [1.29, 1.82) is 0 Å². The Balaban J connectivity index is 2.25. The van der Waals surface area contributed by atoms with Crippen LogP contribution in [0.5, 0.6) is 0 Å². The number of amides is 1. The number of halogens is 1. The number of carbonyl (C=O) groups excluding carboxylic acids is 1. The van der Waals surface area contributed by atoms with Crippen molar-refractivity contribution in [2.24, 2.45) is 0 Å². The van der Waals surface area contributed by atoms with Gasteiger partial charge in [0.2, 0.25) is 0 Å². The molecule has 0 saturated carbocycles. The smallest absolute Gasteiger partial charge is 0.261 e. The minimum absolute atomic E-state index is 0.131. The maximum Gasteiger partial charge on any atom is 0.261 e. The number of allylic oxidation sites excluding steroid dienone is 2. The summed E-state index contributed by atoms with van der Waals surface area (Å²) in [5.41, 5.74) is 0.430. The first-order valence-electron chi connectivity index (χ1n) is 4.54. The third kappa shape index (κ3) is 2.07. The summed E-state index contributed by atoms with van der Waals surface area (Å²) in [6.45, 7) is 0.570. The van der Waals surface area contributed by atoms with Crippen LogP contribution in [0.4, 0.5) is 0 Å². The molecule has 0 fully saturated rings. The molecule has 0 atom stereocenters. The Bertz CT molecular complexity index is 440. The van der Waals surface area contributed by atoms with E-state index >= 15 is 0 Å². The number of rotatable bonds is 1. The van der Waals surface area contributed by atoms with Crippen LogP contribution < -0.4 is 0 Å². The van der Waals surface area contributed by atoms with Crippen molar-refractivity contribution in [3.05, 3.63) is 53.5 Å². The molecule has 1 aliphatic rings. The van der Waals surface area contributed by atoms with Crippen LogP contribution in [0.2, 0.25) is 5.15 Å². The average Bonchev–Trinajstić information content (AvgIpc) is 2.30. The van der Waals surface area contributed by atoms with Crippen molar-refractivity contribution in [3.63, 3.8) is 0 Å². The molecule has 1 aliphatic heterocycles. The summed E-state index contributed by atoms with van der Waals surface area (Å²) in [4.78, 5) is 17.4. The summed E-state index contributed by atoms with van der Waals surface area (Å²) >= 11 is 5.84. The number of aromatic nitrogens is 1. The van der Waals surface area contributed by atoms with Crippen molar-refractivity contribution in [1.82, 2.24) is 9.88 Å². The fraction of sp³-hybridized carbons (Fsp3) is 0.0909. The molecule has 0 saturated heterocycles. The minimum Gasteiger partial charge on any atom is -0.311 e. The molecular weight excluding hydrogens is 212 g/mol. The minimum atomic E-state index is -0.131. The molecule has 1 aromatic rings. The van der Waals surface area contributed by atoms with E-state index in [0.717, 1.165) is 0 Å². The van der Waals surface area contributed by atoms with E-state index in [1.54, 1.807) is 29.4 Å². The molecule has 0 bridgehead atoms. The van der Waals surface area contributed by atoms with Gasteiger partial charge in [-0.2, -0.15) is 0 Å². The summed E-state index contributed by atoms with van der Waals surface area (Å²) in [5, 5.41) is 0.241. The van der Waals surface area contributed by atoms with Crippen molar-refractivity contribution in [2.45, 2.75) is 0 Å². The zero-order chi connectivity index (χ0) is 10.7. The number of hydrogen-bond donors (Lipinski definition) is 0. The number of pyridine rings is 1. The molecule has 76 valence electrons. The van der Waals surface area contributed by atoms with Gasteiger partial charge in [-0.25, -0.2) is 4.98 Å². The SMILES string of the molecule is O=C(c1cccnc1Cl)N1C=CC=CC1. The lowest BCUT2D eigenvalue weighted by atomic mass is 10.2. The molecule has 0 aliphatic carbocycles. The lowest BCUT2D eigenvalue weighted by molar-refractivity contribution is 0.0833.